The molecule has 2 rings (SSSR count). The first-order valence-electron chi connectivity index (χ1n) is 6.49. The summed E-state index contributed by atoms with van der Waals surface area (Å²) in [5, 5.41) is 23.6. The van der Waals surface area contributed by atoms with E-state index in [2.05, 4.69) is 5.32 Å². The molecule has 2 aromatic rings. The van der Waals surface area contributed by atoms with Gasteiger partial charge in [-0.15, -0.1) is 0 Å². The number of nitrogens with one attached hydrogen (secondary N) is 1. The number of amides is 1. The molecule has 21 heavy (non-hydrogen) atoms. The zero-order valence-corrected chi connectivity index (χ0v) is 11.3. The van der Waals surface area contributed by atoms with Crippen molar-refractivity contribution < 1.29 is 19.4 Å². The van der Waals surface area contributed by atoms with E-state index in [0.29, 0.717) is 10.5 Å². The topological polar surface area (TPSA) is 85.5 Å². The normalized spacial score (nSPS) is 11.7. The summed E-state index contributed by atoms with van der Waals surface area (Å²) in [6.07, 6.45) is 0.377. The number of para-hydroxylation sites is 1. The Kier molecular flexibility index (Phi) is 5.11. The minimum Gasteiger partial charge on any atom is -0.618 e. The maximum Gasteiger partial charge on any atom is 0.317 e. The van der Waals surface area contributed by atoms with Gasteiger partial charge in [0.2, 0.25) is 0 Å². The van der Waals surface area contributed by atoms with Crippen molar-refractivity contribution in [3.05, 3.63) is 65.6 Å². The van der Waals surface area contributed by atoms with Crippen molar-refractivity contribution >= 4 is 5.91 Å². The first-order chi connectivity index (χ1) is 10.2. The third-order valence-electron chi connectivity index (χ3n) is 2.74. The second-order valence-electron chi connectivity index (χ2n) is 4.40. The third-order valence-corrected chi connectivity index (χ3v) is 2.74. The van der Waals surface area contributed by atoms with Gasteiger partial charge in [0, 0.05) is 18.7 Å². The fraction of sp³-hybridized carbons (Fsp3) is 0.200. The van der Waals surface area contributed by atoms with Crippen molar-refractivity contribution in [2.75, 3.05) is 13.2 Å². The van der Waals surface area contributed by atoms with E-state index in [1.165, 1.54) is 18.3 Å². The van der Waals surface area contributed by atoms with E-state index in [4.69, 9.17) is 4.74 Å². The van der Waals surface area contributed by atoms with Crippen LogP contribution in [0.4, 0.5) is 0 Å². The maximum absolute atomic E-state index is 11.8. The Morgan fingerprint density at radius 2 is 1.95 bits per heavy atom. The minimum absolute atomic E-state index is 0.000557. The van der Waals surface area contributed by atoms with Crippen LogP contribution < -0.4 is 14.8 Å². The zero-order valence-electron chi connectivity index (χ0n) is 11.3. The second-order valence-corrected chi connectivity index (χ2v) is 4.40. The highest BCUT2D eigenvalue weighted by molar-refractivity contribution is 5.90. The van der Waals surface area contributed by atoms with Crippen LogP contribution >= 0.6 is 0 Å². The number of carbonyl (C=O) groups excluding carboxylic acids is 1. The van der Waals surface area contributed by atoms with Crippen LogP contribution in [0.5, 0.6) is 5.75 Å². The number of rotatable bonds is 6. The molecule has 1 unspecified atom stereocenters. The molecule has 1 atom stereocenters. The molecule has 0 saturated carbocycles. The average Bonchev–Trinajstić information content (AvgIpc) is 2.52. The van der Waals surface area contributed by atoms with Gasteiger partial charge in [-0.05, 0) is 18.2 Å². The fourth-order valence-corrected chi connectivity index (χ4v) is 1.67. The molecule has 110 valence electrons. The van der Waals surface area contributed by atoms with Crippen LogP contribution in [0.2, 0.25) is 0 Å². The van der Waals surface area contributed by atoms with Gasteiger partial charge < -0.3 is 20.4 Å². The van der Waals surface area contributed by atoms with E-state index < -0.39 is 12.0 Å². The molecule has 1 aromatic carbocycles. The largest absolute Gasteiger partial charge is 0.618 e. The van der Waals surface area contributed by atoms with Gasteiger partial charge in [0.05, 0.1) is 0 Å². The Balaban J connectivity index is 1.77. The molecule has 6 nitrogen and oxygen atoms in total. The Bertz CT molecular complexity index is 589. The molecule has 0 bridgehead atoms. The summed E-state index contributed by atoms with van der Waals surface area (Å²) >= 11 is 0. The van der Waals surface area contributed by atoms with Crippen molar-refractivity contribution in [1.29, 1.82) is 0 Å². The first kappa shape index (κ1) is 14.8. The summed E-state index contributed by atoms with van der Waals surface area (Å²) in [4.78, 5) is 11.8. The van der Waals surface area contributed by atoms with Crippen LogP contribution in [0.15, 0.2) is 54.7 Å². The van der Waals surface area contributed by atoms with E-state index in [9.17, 15) is 15.1 Å². The SMILES string of the molecule is O=C(NCC(O)COc1ccccc1)c1cccc[n+]1[O-]. The van der Waals surface area contributed by atoms with Gasteiger partial charge in [-0.2, -0.15) is 4.73 Å². The smallest absolute Gasteiger partial charge is 0.317 e. The molecule has 1 heterocycles. The number of benzene rings is 1. The van der Waals surface area contributed by atoms with Gasteiger partial charge in [-0.3, -0.25) is 4.79 Å². The van der Waals surface area contributed by atoms with E-state index in [1.54, 1.807) is 18.2 Å². The van der Waals surface area contributed by atoms with Crippen LogP contribution in [0.25, 0.3) is 0 Å². The van der Waals surface area contributed by atoms with Gasteiger partial charge in [0.25, 0.3) is 5.69 Å². The molecule has 0 saturated heterocycles. The standard InChI is InChI=1S/C15H16N2O4/c18-12(11-21-13-6-2-1-3-7-13)10-16-15(19)14-8-4-5-9-17(14)20/h1-9,12,18H,10-11H2,(H,16,19). The predicted octanol–water partition coefficient (Wildman–Crippen LogP) is 0.490. The number of aliphatic hydroxyl groups excluding tert-OH is 1. The van der Waals surface area contributed by atoms with Crippen LogP contribution in [0.1, 0.15) is 10.5 Å². The van der Waals surface area contributed by atoms with Gasteiger partial charge in [-0.25, -0.2) is 0 Å². The van der Waals surface area contributed by atoms with Crippen molar-refractivity contribution in [3.63, 3.8) is 0 Å². The number of nitrogens with zero attached hydrogens (tertiary/aromatic N) is 1. The summed E-state index contributed by atoms with van der Waals surface area (Å²) in [5.41, 5.74) is -0.0197. The molecule has 0 fully saturated rings. The molecule has 0 radical (unpaired) electrons. The quantitative estimate of drug-likeness (QED) is 0.598. The van der Waals surface area contributed by atoms with Gasteiger partial charge in [0.15, 0.2) is 6.20 Å². The van der Waals surface area contributed by atoms with Crippen molar-refractivity contribution in [2.24, 2.45) is 0 Å². The Morgan fingerprint density at radius 3 is 2.67 bits per heavy atom. The van der Waals surface area contributed by atoms with Crippen LogP contribution in [-0.2, 0) is 0 Å². The van der Waals surface area contributed by atoms with E-state index >= 15 is 0 Å². The van der Waals surface area contributed by atoms with Crippen molar-refractivity contribution in [2.45, 2.75) is 6.10 Å². The number of aromatic nitrogens is 1. The summed E-state index contributed by atoms with van der Waals surface area (Å²) in [6.45, 7) is 0.0526. The maximum atomic E-state index is 11.8. The number of aliphatic hydroxyl groups is 1. The molecule has 2 N–H and O–H groups in total. The summed E-state index contributed by atoms with van der Waals surface area (Å²) < 4.78 is 5.84. The summed E-state index contributed by atoms with van der Waals surface area (Å²) in [7, 11) is 0. The lowest BCUT2D eigenvalue weighted by molar-refractivity contribution is -0.607. The molecule has 0 aliphatic rings. The molecule has 6 heteroatoms. The van der Waals surface area contributed by atoms with E-state index in [1.807, 2.05) is 18.2 Å². The fourth-order valence-electron chi connectivity index (χ4n) is 1.67. The van der Waals surface area contributed by atoms with Crippen LogP contribution in [0.3, 0.4) is 0 Å². The van der Waals surface area contributed by atoms with E-state index in [-0.39, 0.29) is 18.8 Å². The molecule has 1 amide bonds. The Labute approximate surface area is 122 Å². The molecule has 0 spiro atoms. The van der Waals surface area contributed by atoms with Crippen molar-refractivity contribution in [1.82, 2.24) is 5.32 Å². The highest BCUT2D eigenvalue weighted by atomic mass is 16.5. The minimum atomic E-state index is -0.863. The predicted molar refractivity (Wildman–Crippen MR) is 75.7 cm³/mol. The molecule has 0 aliphatic heterocycles. The number of hydrogen-bond acceptors (Lipinski definition) is 4. The molecular weight excluding hydrogens is 272 g/mol. The van der Waals surface area contributed by atoms with Gasteiger partial charge >= 0.3 is 5.91 Å². The lowest BCUT2D eigenvalue weighted by Crippen LogP contribution is -2.42. The summed E-state index contributed by atoms with van der Waals surface area (Å²) in [6, 6.07) is 13.6. The van der Waals surface area contributed by atoms with E-state index in [0.717, 1.165) is 0 Å². The molecule has 1 aromatic heterocycles. The summed E-state index contributed by atoms with van der Waals surface area (Å²) in [5.74, 6) is 0.104. The Morgan fingerprint density at radius 1 is 1.24 bits per heavy atom. The van der Waals surface area contributed by atoms with Crippen LogP contribution in [-0.4, -0.2) is 30.3 Å². The third kappa shape index (κ3) is 4.47. The monoisotopic (exact) mass is 288 g/mol. The lowest BCUT2D eigenvalue weighted by atomic mass is 10.3. The number of hydrogen-bond donors (Lipinski definition) is 2. The highest BCUT2D eigenvalue weighted by Gasteiger charge is 2.16. The number of carbonyl (C=O) groups is 1. The second kappa shape index (κ2) is 7.25. The van der Waals surface area contributed by atoms with Crippen LogP contribution in [0, 0.1) is 5.21 Å². The number of pyridine rings is 1. The molecule has 0 aliphatic carbocycles. The zero-order chi connectivity index (χ0) is 15.1. The van der Waals surface area contributed by atoms with Gasteiger partial charge in [0.1, 0.15) is 18.5 Å². The Hall–Kier alpha value is -2.60. The number of ether oxygens (including phenoxy) is 1. The lowest BCUT2D eigenvalue weighted by Gasteiger charge is -2.13. The molecular formula is C15H16N2O4. The van der Waals surface area contributed by atoms with Crippen molar-refractivity contribution in [3.8, 4) is 5.75 Å². The average molecular weight is 288 g/mol. The highest BCUT2D eigenvalue weighted by Crippen LogP contribution is 2.08. The van der Waals surface area contributed by atoms with Gasteiger partial charge in [-0.1, -0.05) is 18.2 Å². The first-order valence-corrected chi connectivity index (χ1v) is 6.49.